The number of fused-ring (bicyclic) bond motifs is 2. The fraction of sp³-hybridized carbons (Fsp3) is 0.312. The van der Waals surface area contributed by atoms with Gasteiger partial charge in [0.05, 0.1) is 6.54 Å². The first-order valence-electron chi connectivity index (χ1n) is 7.15. The summed E-state index contributed by atoms with van der Waals surface area (Å²) >= 11 is 0. The molecule has 0 amide bonds. The average Bonchev–Trinajstić information content (AvgIpc) is 2.94. The number of benzene rings is 1. The Hall–Kier alpha value is -2.27. The standard InChI is InChI=1S/C16H17N3O2/c1-3-19(4-2)9-12-17-13-14(18-12)16(21)11-8-6-5-7-10(11)15(13)20/h5-8H,3-4,9H2,1-2H3,(H,17,18). The number of aromatic amines is 1. The highest BCUT2D eigenvalue weighted by Gasteiger charge is 2.32. The minimum absolute atomic E-state index is 0.154. The van der Waals surface area contributed by atoms with Gasteiger partial charge in [-0.05, 0) is 13.1 Å². The molecule has 0 atom stereocenters. The van der Waals surface area contributed by atoms with Gasteiger partial charge in [0.2, 0.25) is 11.6 Å². The second kappa shape index (κ2) is 5.26. The van der Waals surface area contributed by atoms with Crippen LogP contribution >= 0.6 is 0 Å². The van der Waals surface area contributed by atoms with Crippen LogP contribution in [0.3, 0.4) is 0 Å². The van der Waals surface area contributed by atoms with Gasteiger partial charge >= 0.3 is 0 Å². The van der Waals surface area contributed by atoms with Crippen molar-refractivity contribution in [1.82, 2.24) is 14.9 Å². The van der Waals surface area contributed by atoms with Crippen molar-refractivity contribution in [2.45, 2.75) is 20.4 Å². The molecule has 3 rings (SSSR count). The van der Waals surface area contributed by atoms with Crippen molar-refractivity contribution in [1.29, 1.82) is 0 Å². The van der Waals surface area contributed by atoms with Crippen molar-refractivity contribution in [3.63, 3.8) is 0 Å². The van der Waals surface area contributed by atoms with Crippen molar-refractivity contribution in [2.24, 2.45) is 0 Å². The molecule has 0 fully saturated rings. The molecule has 108 valence electrons. The largest absolute Gasteiger partial charge is 0.338 e. The number of imidazole rings is 1. The number of aromatic nitrogens is 2. The van der Waals surface area contributed by atoms with Crippen LogP contribution in [0.1, 0.15) is 51.8 Å². The van der Waals surface area contributed by atoms with Crippen molar-refractivity contribution in [3.8, 4) is 0 Å². The van der Waals surface area contributed by atoms with E-state index in [1.165, 1.54) is 0 Å². The number of ketones is 2. The zero-order valence-electron chi connectivity index (χ0n) is 12.1. The Labute approximate surface area is 123 Å². The molecule has 0 radical (unpaired) electrons. The molecule has 1 aromatic carbocycles. The Morgan fingerprint density at radius 1 is 1.05 bits per heavy atom. The van der Waals surface area contributed by atoms with Crippen molar-refractivity contribution in [3.05, 3.63) is 52.6 Å². The lowest BCUT2D eigenvalue weighted by Crippen LogP contribution is -2.22. The molecule has 0 saturated carbocycles. The molecule has 0 unspecified atom stereocenters. The van der Waals surface area contributed by atoms with E-state index in [-0.39, 0.29) is 17.3 Å². The number of carbonyl (C=O) groups is 2. The number of nitrogens with one attached hydrogen (secondary N) is 1. The maximum absolute atomic E-state index is 12.5. The van der Waals surface area contributed by atoms with Gasteiger partial charge in [-0.25, -0.2) is 4.98 Å². The van der Waals surface area contributed by atoms with Gasteiger partial charge < -0.3 is 4.98 Å². The number of rotatable bonds is 4. The minimum Gasteiger partial charge on any atom is -0.338 e. The Bertz CT molecular complexity index is 662. The van der Waals surface area contributed by atoms with Gasteiger partial charge in [-0.15, -0.1) is 0 Å². The lowest BCUT2D eigenvalue weighted by Gasteiger charge is -2.15. The number of hydrogen-bond donors (Lipinski definition) is 1. The molecule has 1 aliphatic rings. The third-order valence-corrected chi connectivity index (χ3v) is 3.88. The molecule has 2 aromatic rings. The van der Waals surface area contributed by atoms with Crippen LogP contribution in [-0.2, 0) is 6.54 Å². The van der Waals surface area contributed by atoms with Gasteiger partial charge in [0.1, 0.15) is 17.2 Å². The van der Waals surface area contributed by atoms with Gasteiger partial charge in [-0.3, -0.25) is 14.5 Å². The lowest BCUT2D eigenvalue weighted by atomic mass is 9.90. The Kier molecular flexibility index (Phi) is 3.43. The van der Waals surface area contributed by atoms with E-state index >= 15 is 0 Å². The van der Waals surface area contributed by atoms with E-state index < -0.39 is 0 Å². The number of hydrogen-bond acceptors (Lipinski definition) is 4. The molecular weight excluding hydrogens is 266 g/mol. The second-order valence-electron chi connectivity index (χ2n) is 5.07. The summed E-state index contributed by atoms with van der Waals surface area (Å²) in [5.74, 6) is 0.332. The topological polar surface area (TPSA) is 66.1 Å². The Morgan fingerprint density at radius 2 is 1.67 bits per heavy atom. The summed E-state index contributed by atoms with van der Waals surface area (Å²) in [6.07, 6.45) is 0. The SMILES string of the molecule is CCN(CC)Cc1nc2c([nH]1)C(=O)c1ccccc1C2=O. The molecule has 1 aromatic heterocycles. The number of carbonyl (C=O) groups excluding carboxylic acids is 2. The summed E-state index contributed by atoms with van der Waals surface area (Å²) in [7, 11) is 0. The third-order valence-electron chi connectivity index (χ3n) is 3.88. The van der Waals surface area contributed by atoms with Crippen LogP contribution in [0.2, 0.25) is 0 Å². The van der Waals surface area contributed by atoms with Crippen LogP contribution in [0, 0.1) is 0 Å². The van der Waals surface area contributed by atoms with Crippen molar-refractivity contribution < 1.29 is 9.59 Å². The summed E-state index contributed by atoms with van der Waals surface area (Å²) in [6.45, 7) is 6.53. The molecule has 0 spiro atoms. The smallest absolute Gasteiger partial charge is 0.214 e. The second-order valence-corrected chi connectivity index (χ2v) is 5.07. The zero-order valence-corrected chi connectivity index (χ0v) is 12.1. The van der Waals surface area contributed by atoms with E-state index in [9.17, 15) is 9.59 Å². The first-order valence-corrected chi connectivity index (χ1v) is 7.15. The van der Waals surface area contributed by atoms with Gasteiger partial charge in [-0.1, -0.05) is 38.1 Å². The van der Waals surface area contributed by atoms with Crippen LogP contribution < -0.4 is 0 Å². The maximum atomic E-state index is 12.5. The highest BCUT2D eigenvalue weighted by Crippen LogP contribution is 2.25. The average molecular weight is 283 g/mol. The molecular formula is C16H17N3O2. The fourth-order valence-corrected chi connectivity index (χ4v) is 2.63. The summed E-state index contributed by atoms with van der Waals surface area (Å²) in [5, 5.41) is 0. The van der Waals surface area contributed by atoms with Crippen molar-refractivity contribution >= 4 is 11.6 Å². The molecule has 5 nitrogen and oxygen atoms in total. The van der Waals surface area contributed by atoms with E-state index in [4.69, 9.17) is 0 Å². The van der Waals surface area contributed by atoms with Crippen molar-refractivity contribution in [2.75, 3.05) is 13.1 Å². The highest BCUT2D eigenvalue weighted by molar-refractivity contribution is 6.26. The fourth-order valence-electron chi connectivity index (χ4n) is 2.63. The van der Waals surface area contributed by atoms with Crippen LogP contribution in [0.5, 0.6) is 0 Å². The highest BCUT2D eigenvalue weighted by atomic mass is 16.1. The summed E-state index contributed by atoms with van der Waals surface area (Å²) in [6, 6.07) is 6.89. The summed E-state index contributed by atoms with van der Waals surface area (Å²) in [5.41, 5.74) is 1.46. The molecule has 0 aliphatic heterocycles. The van der Waals surface area contributed by atoms with Gasteiger partial charge in [0.25, 0.3) is 0 Å². The predicted octanol–water partition coefficient (Wildman–Crippen LogP) is 2.03. The predicted molar refractivity (Wildman–Crippen MR) is 78.5 cm³/mol. The molecule has 0 saturated heterocycles. The first kappa shape index (κ1) is 13.7. The number of nitrogens with zero attached hydrogens (tertiary/aromatic N) is 2. The van der Waals surface area contributed by atoms with Gasteiger partial charge in [0.15, 0.2) is 0 Å². The van der Waals surface area contributed by atoms with Crippen LogP contribution in [0.25, 0.3) is 0 Å². The van der Waals surface area contributed by atoms with Crippen LogP contribution in [0.15, 0.2) is 24.3 Å². The van der Waals surface area contributed by atoms with E-state index in [1.54, 1.807) is 24.3 Å². The molecule has 1 N–H and O–H groups in total. The molecule has 5 heteroatoms. The van der Waals surface area contributed by atoms with Crippen LogP contribution in [0.4, 0.5) is 0 Å². The molecule has 1 heterocycles. The number of H-pyrrole nitrogens is 1. The van der Waals surface area contributed by atoms with Gasteiger partial charge in [0, 0.05) is 11.1 Å². The Morgan fingerprint density at radius 3 is 2.29 bits per heavy atom. The van der Waals surface area contributed by atoms with E-state index in [0.717, 1.165) is 13.1 Å². The Balaban J connectivity index is 2.01. The minimum atomic E-state index is -0.178. The van der Waals surface area contributed by atoms with Gasteiger partial charge in [-0.2, -0.15) is 0 Å². The lowest BCUT2D eigenvalue weighted by molar-refractivity contribution is 0.0974. The van der Waals surface area contributed by atoms with E-state index in [1.807, 2.05) is 0 Å². The van der Waals surface area contributed by atoms with Crippen LogP contribution in [-0.4, -0.2) is 39.5 Å². The zero-order chi connectivity index (χ0) is 15.0. The molecule has 1 aliphatic carbocycles. The van der Waals surface area contributed by atoms with E-state index in [2.05, 4.69) is 28.7 Å². The van der Waals surface area contributed by atoms with E-state index in [0.29, 0.717) is 29.2 Å². The quantitative estimate of drug-likeness (QED) is 0.795. The molecule has 21 heavy (non-hydrogen) atoms. The molecule has 0 bridgehead atoms. The maximum Gasteiger partial charge on any atom is 0.214 e. The normalized spacial score (nSPS) is 13.5. The third kappa shape index (κ3) is 2.19. The summed E-state index contributed by atoms with van der Waals surface area (Å²) in [4.78, 5) is 34.5. The summed E-state index contributed by atoms with van der Waals surface area (Å²) < 4.78 is 0. The monoisotopic (exact) mass is 283 g/mol. The first-order chi connectivity index (χ1) is 10.2.